The molecule has 0 aromatic heterocycles. The minimum atomic E-state index is -1.34. The first-order valence-corrected chi connectivity index (χ1v) is 9.93. The van der Waals surface area contributed by atoms with Gasteiger partial charge in [-0.25, -0.2) is 9.18 Å². The molecule has 2 aromatic carbocycles. The van der Waals surface area contributed by atoms with E-state index in [1.807, 2.05) is 36.4 Å². The van der Waals surface area contributed by atoms with Crippen LogP contribution in [0.2, 0.25) is 0 Å². The lowest BCUT2D eigenvalue weighted by molar-refractivity contribution is -0.211. The van der Waals surface area contributed by atoms with Crippen LogP contribution in [0.15, 0.2) is 48.5 Å². The van der Waals surface area contributed by atoms with Crippen LogP contribution in [-0.4, -0.2) is 40.5 Å². The number of aliphatic hydroxyl groups is 1. The number of carbonyl (C=O) groups excluding carboxylic acids is 1. The Hall–Kier alpha value is -2.95. The van der Waals surface area contributed by atoms with E-state index in [2.05, 4.69) is 5.32 Å². The number of rotatable bonds is 6. The molecule has 0 bridgehead atoms. The molecule has 2 unspecified atom stereocenters. The second-order valence-corrected chi connectivity index (χ2v) is 7.98. The van der Waals surface area contributed by atoms with Crippen molar-refractivity contribution in [1.82, 2.24) is 10.2 Å². The Morgan fingerprint density at radius 2 is 2.00 bits per heavy atom. The van der Waals surface area contributed by atoms with Crippen molar-refractivity contribution in [2.75, 3.05) is 6.54 Å². The number of urea groups is 1. The van der Waals surface area contributed by atoms with Gasteiger partial charge < -0.3 is 20.1 Å². The van der Waals surface area contributed by atoms with Gasteiger partial charge in [0.15, 0.2) is 5.79 Å². The molecule has 2 N–H and O–H groups in total. The molecule has 7 heteroatoms. The maximum atomic E-state index is 13.6. The predicted octanol–water partition coefficient (Wildman–Crippen LogP) is 3.34. The molecule has 2 amide bonds. The Labute approximate surface area is 175 Å². The second-order valence-electron chi connectivity index (χ2n) is 7.98. The van der Waals surface area contributed by atoms with Crippen molar-refractivity contribution < 1.29 is 19.0 Å². The van der Waals surface area contributed by atoms with Crippen LogP contribution < -0.4 is 5.32 Å². The quantitative estimate of drug-likeness (QED) is 0.714. The minimum absolute atomic E-state index is 0.0482. The van der Waals surface area contributed by atoms with Crippen LogP contribution in [0.3, 0.4) is 0 Å². The lowest BCUT2D eigenvalue weighted by atomic mass is 9.99. The lowest BCUT2D eigenvalue weighted by Gasteiger charge is -2.31. The highest BCUT2D eigenvalue weighted by atomic mass is 19.1. The van der Waals surface area contributed by atoms with Gasteiger partial charge in [-0.15, -0.1) is 0 Å². The Balaban J connectivity index is 1.78. The van der Waals surface area contributed by atoms with Gasteiger partial charge in [0.05, 0.1) is 17.7 Å². The van der Waals surface area contributed by atoms with Gasteiger partial charge in [-0.2, -0.15) is 5.26 Å². The van der Waals surface area contributed by atoms with Crippen LogP contribution in [0, 0.1) is 17.1 Å². The summed E-state index contributed by atoms with van der Waals surface area (Å²) < 4.78 is 19.5. The molecule has 0 spiro atoms. The zero-order chi connectivity index (χ0) is 21.7. The van der Waals surface area contributed by atoms with Crippen molar-refractivity contribution in [1.29, 1.82) is 5.26 Å². The highest BCUT2D eigenvalue weighted by Crippen LogP contribution is 2.22. The molecule has 0 radical (unpaired) electrons. The number of nitrogens with zero attached hydrogens (tertiary/aromatic N) is 2. The van der Waals surface area contributed by atoms with Crippen LogP contribution in [-0.2, 0) is 17.7 Å². The number of nitrogens with one attached hydrogen (secondary N) is 1. The molecule has 1 aliphatic rings. The molecule has 2 atom stereocenters. The molecule has 1 aliphatic heterocycles. The van der Waals surface area contributed by atoms with Gasteiger partial charge in [0, 0.05) is 13.1 Å². The fraction of sp³-hybridized carbons (Fsp3) is 0.391. The fourth-order valence-electron chi connectivity index (χ4n) is 3.62. The van der Waals surface area contributed by atoms with Gasteiger partial charge in [0.25, 0.3) is 0 Å². The summed E-state index contributed by atoms with van der Waals surface area (Å²) >= 11 is 0. The summed E-state index contributed by atoms with van der Waals surface area (Å²) in [6, 6.07) is 15.3. The topological polar surface area (TPSA) is 85.6 Å². The number of halogens is 1. The minimum Gasteiger partial charge on any atom is -0.366 e. The summed E-state index contributed by atoms with van der Waals surface area (Å²) in [5.41, 5.74) is 1.68. The van der Waals surface area contributed by atoms with Gasteiger partial charge in [-0.1, -0.05) is 36.4 Å². The summed E-state index contributed by atoms with van der Waals surface area (Å²) in [4.78, 5) is 14.5. The number of carbonyl (C=O) groups is 1. The Morgan fingerprint density at radius 1 is 1.27 bits per heavy atom. The summed E-state index contributed by atoms with van der Waals surface area (Å²) in [5, 5.41) is 22.2. The van der Waals surface area contributed by atoms with E-state index < -0.39 is 11.6 Å². The molecule has 1 heterocycles. The van der Waals surface area contributed by atoms with Crippen LogP contribution in [0.1, 0.15) is 37.0 Å². The number of benzene rings is 2. The van der Waals surface area contributed by atoms with Crippen molar-refractivity contribution in [3.05, 3.63) is 71.0 Å². The van der Waals surface area contributed by atoms with Crippen LogP contribution in [0.25, 0.3) is 0 Å². The van der Waals surface area contributed by atoms with Crippen molar-refractivity contribution in [3.63, 3.8) is 0 Å². The van der Waals surface area contributed by atoms with Crippen molar-refractivity contribution in [3.8, 4) is 6.07 Å². The fourth-order valence-corrected chi connectivity index (χ4v) is 3.62. The van der Waals surface area contributed by atoms with E-state index in [4.69, 9.17) is 10.00 Å². The van der Waals surface area contributed by atoms with Crippen molar-refractivity contribution >= 4 is 6.03 Å². The maximum Gasteiger partial charge on any atom is 0.318 e. The molecule has 6 nitrogen and oxygen atoms in total. The van der Waals surface area contributed by atoms with Gasteiger partial charge in [-0.05, 0) is 49.9 Å². The normalized spacial score (nSPS) is 19.7. The summed E-state index contributed by atoms with van der Waals surface area (Å²) in [6.07, 6.45) is 0.699. The molecular formula is C23H26FN3O3. The van der Waals surface area contributed by atoms with E-state index in [-0.39, 0.29) is 30.3 Å². The molecule has 1 saturated heterocycles. The molecule has 0 saturated carbocycles. The van der Waals surface area contributed by atoms with E-state index in [0.29, 0.717) is 24.9 Å². The number of hydrogen-bond acceptors (Lipinski definition) is 4. The van der Waals surface area contributed by atoms with E-state index in [9.17, 15) is 14.3 Å². The predicted molar refractivity (Wildman–Crippen MR) is 110 cm³/mol. The number of hydrogen-bond donors (Lipinski definition) is 2. The molecule has 2 aromatic rings. The van der Waals surface area contributed by atoms with E-state index in [1.165, 1.54) is 12.1 Å². The zero-order valence-corrected chi connectivity index (χ0v) is 17.1. The molecule has 0 aliphatic carbocycles. The first-order chi connectivity index (χ1) is 14.2. The van der Waals surface area contributed by atoms with Gasteiger partial charge >= 0.3 is 6.03 Å². The average Bonchev–Trinajstić information content (AvgIpc) is 2.83. The largest absolute Gasteiger partial charge is 0.366 e. The first kappa shape index (κ1) is 21.8. The third kappa shape index (κ3) is 5.78. The molecular weight excluding hydrogens is 385 g/mol. The van der Waals surface area contributed by atoms with Crippen molar-refractivity contribution in [2.24, 2.45) is 0 Å². The Kier molecular flexibility index (Phi) is 6.70. The molecule has 1 fully saturated rings. The average molecular weight is 411 g/mol. The number of amides is 2. The maximum absolute atomic E-state index is 13.6. The number of ether oxygens (including phenoxy) is 1. The van der Waals surface area contributed by atoms with Crippen molar-refractivity contribution in [2.45, 2.75) is 51.2 Å². The zero-order valence-electron chi connectivity index (χ0n) is 17.1. The Morgan fingerprint density at radius 3 is 2.67 bits per heavy atom. The monoisotopic (exact) mass is 411 g/mol. The van der Waals surface area contributed by atoms with Crippen LogP contribution in [0.5, 0.6) is 0 Å². The number of nitriles is 1. The third-order valence-electron chi connectivity index (χ3n) is 4.99. The highest BCUT2D eigenvalue weighted by Gasteiger charge is 2.34. The standard InChI is InChI=1S/C23H26FN3O3/c1-23(2,29)30-21-10-11-27(15-17-8-9-19(24)18(12-17)14-25)22(28)26-20(21)13-16-6-4-3-5-7-16/h3-9,12,20-21,29H,10-11,13,15H2,1-2H3,(H,26,28). The molecule has 3 rings (SSSR count). The van der Waals surface area contributed by atoms with E-state index >= 15 is 0 Å². The van der Waals surface area contributed by atoms with Gasteiger partial charge in [-0.3, -0.25) is 0 Å². The highest BCUT2D eigenvalue weighted by molar-refractivity contribution is 5.75. The summed E-state index contributed by atoms with van der Waals surface area (Å²) in [6.45, 7) is 3.78. The summed E-state index contributed by atoms with van der Waals surface area (Å²) in [7, 11) is 0. The van der Waals surface area contributed by atoms with Gasteiger partial charge in [0.1, 0.15) is 11.9 Å². The molecule has 158 valence electrons. The third-order valence-corrected chi connectivity index (χ3v) is 4.99. The van der Waals surface area contributed by atoms with Crippen LogP contribution >= 0.6 is 0 Å². The second kappa shape index (κ2) is 9.24. The van der Waals surface area contributed by atoms with Gasteiger partial charge in [0.2, 0.25) is 0 Å². The first-order valence-electron chi connectivity index (χ1n) is 9.93. The van der Waals surface area contributed by atoms with E-state index in [0.717, 1.165) is 5.56 Å². The van der Waals surface area contributed by atoms with E-state index in [1.54, 1.807) is 24.8 Å². The smallest absolute Gasteiger partial charge is 0.318 e. The lowest BCUT2D eigenvalue weighted by Crippen LogP contribution is -2.48. The SMILES string of the molecule is CC(C)(O)OC1CCN(Cc2ccc(F)c(C#N)c2)C(=O)NC1Cc1ccccc1. The Bertz CT molecular complexity index is 922. The molecule has 30 heavy (non-hydrogen) atoms. The van der Waals surface area contributed by atoms with Crippen LogP contribution in [0.4, 0.5) is 9.18 Å². The summed E-state index contributed by atoms with van der Waals surface area (Å²) in [5.74, 6) is -1.92.